The zero-order valence-electron chi connectivity index (χ0n) is 12.8. The molecule has 0 aromatic heterocycles. The lowest BCUT2D eigenvalue weighted by Crippen LogP contribution is -2.33. The third-order valence-corrected chi connectivity index (χ3v) is 3.31. The average Bonchev–Trinajstić information content (AvgIpc) is 2.99. The summed E-state index contributed by atoms with van der Waals surface area (Å²) < 4.78 is 15.9. The molecule has 0 amide bonds. The number of nitrogens with zero attached hydrogens (tertiary/aromatic N) is 1. The summed E-state index contributed by atoms with van der Waals surface area (Å²) in [5, 5.41) is 7.85. The summed E-state index contributed by atoms with van der Waals surface area (Å²) in [4.78, 5) is 0. The van der Waals surface area contributed by atoms with E-state index in [0.717, 1.165) is 49.0 Å². The SMILES string of the molecule is CCOCCCNC(=S)N/N=C(/C)c1ccc2c(c1)OCO2. The fourth-order valence-electron chi connectivity index (χ4n) is 1.88. The summed E-state index contributed by atoms with van der Waals surface area (Å²) in [6, 6.07) is 5.72. The van der Waals surface area contributed by atoms with E-state index in [9.17, 15) is 0 Å². The third kappa shape index (κ3) is 4.85. The molecule has 1 aromatic carbocycles. The lowest BCUT2D eigenvalue weighted by molar-refractivity contribution is 0.145. The first-order chi connectivity index (χ1) is 10.7. The minimum atomic E-state index is 0.267. The van der Waals surface area contributed by atoms with Crippen molar-refractivity contribution in [3.8, 4) is 11.5 Å². The van der Waals surface area contributed by atoms with Crippen molar-refractivity contribution in [2.45, 2.75) is 20.3 Å². The van der Waals surface area contributed by atoms with Crippen molar-refractivity contribution in [3.05, 3.63) is 23.8 Å². The van der Waals surface area contributed by atoms with E-state index in [-0.39, 0.29) is 6.79 Å². The van der Waals surface area contributed by atoms with Crippen LogP contribution < -0.4 is 20.2 Å². The van der Waals surface area contributed by atoms with Crippen molar-refractivity contribution in [1.82, 2.24) is 10.7 Å². The van der Waals surface area contributed by atoms with Crippen LogP contribution >= 0.6 is 12.2 Å². The molecule has 1 aromatic rings. The number of hydrazone groups is 1. The van der Waals surface area contributed by atoms with Gasteiger partial charge >= 0.3 is 0 Å². The number of thiocarbonyl (C=S) groups is 1. The van der Waals surface area contributed by atoms with Gasteiger partial charge in [0, 0.05) is 25.3 Å². The zero-order chi connectivity index (χ0) is 15.8. The van der Waals surface area contributed by atoms with E-state index in [2.05, 4.69) is 15.8 Å². The summed E-state index contributed by atoms with van der Waals surface area (Å²) in [5.41, 5.74) is 4.61. The van der Waals surface area contributed by atoms with Crippen LogP contribution in [0.5, 0.6) is 11.5 Å². The monoisotopic (exact) mass is 323 g/mol. The molecule has 0 saturated heterocycles. The van der Waals surface area contributed by atoms with Crippen molar-refractivity contribution >= 4 is 23.0 Å². The number of benzene rings is 1. The number of hydrogen-bond acceptors (Lipinski definition) is 5. The molecular formula is C15H21N3O3S. The largest absolute Gasteiger partial charge is 0.454 e. The highest BCUT2D eigenvalue weighted by atomic mass is 32.1. The molecule has 2 N–H and O–H groups in total. The van der Waals surface area contributed by atoms with Crippen LogP contribution in [0.25, 0.3) is 0 Å². The highest BCUT2D eigenvalue weighted by Gasteiger charge is 2.13. The van der Waals surface area contributed by atoms with E-state index in [1.165, 1.54) is 0 Å². The Hall–Kier alpha value is -1.86. The maximum Gasteiger partial charge on any atom is 0.231 e. The van der Waals surface area contributed by atoms with Crippen molar-refractivity contribution in [3.63, 3.8) is 0 Å². The van der Waals surface area contributed by atoms with Crippen LogP contribution in [0.1, 0.15) is 25.8 Å². The highest BCUT2D eigenvalue weighted by Crippen LogP contribution is 2.32. The molecule has 0 saturated carbocycles. The van der Waals surface area contributed by atoms with E-state index < -0.39 is 0 Å². The Kier molecular flexibility index (Phi) is 6.42. The molecule has 0 radical (unpaired) electrons. The van der Waals surface area contributed by atoms with E-state index in [1.807, 2.05) is 32.0 Å². The van der Waals surface area contributed by atoms with Gasteiger partial charge in [0.05, 0.1) is 5.71 Å². The van der Waals surface area contributed by atoms with Crippen LogP contribution in [0.3, 0.4) is 0 Å². The van der Waals surface area contributed by atoms with E-state index >= 15 is 0 Å². The fraction of sp³-hybridized carbons (Fsp3) is 0.467. The first-order valence-electron chi connectivity index (χ1n) is 7.26. The van der Waals surface area contributed by atoms with Gasteiger partial charge in [-0.15, -0.1) is 0 Å². The predicted molar refractivity (Wildman–Crippen MR) is 89.6 cm³/mol. The zero-order valence-corrected chi connectivity index (χ0v) is 13.7. The van der Waals surface area contributed by atoms with Crippen molar-refractivity contribution in [2.24, 2.45) is 5.10 Å². The van der Waals surface area contributed by atoms with E-state index in [0.29, 0.717) is 5.11 Å². The number of fused-ring (bicyclic) bond motifs is 1. The minimum absolute atomic E-state index is 0.267. The molecule has 1 heterocycles. The smallest absolute Gasteiger partial charge is 0.231 e. The van der Waals surface area contributed by atoms with Crippen molar-refractivity contribution in [1.29, 1.82) is 0 Å². The molecule has 0 atom stereocenters. The molecule has 22 heavy (non-hydrogen) atoms. The summed E-state index contributed by atoms with van der Waals surface area (Å²) >= 11 is 5.16. The Morgan fingerprint density at radius 1 is 1.36 bits per heavy atom. The average molecular weight is 323 g/mol. The highest BCUT2D eigenvalue weighted by molar-refractivity contribution is 7.80. The van der Waals surface area contributed by atoms with E-state index in [1.54, 1.807) is 0 Å². The van der Waals surface area contributed by atoms with Gasteiger partial charge < -0.3 is 19.5 Å². The first-order valence-corrected chi connectivity index (χ1v) is 7.67. The van der Waals surface area contributed by atoms with Gasteiger partial charge in [-0.25, -0.2) is 0 Å². The molecule has 0 fully saturated rings. The first kappa shape index (κ1) is 16.5. The van der Waals surface area contributed by atoms with Gasteiger partial charge in [0.1, 0.15) is 0 Å². The van der Waals surface area contributed by atoms with Crippen LogP contribution in [0.15, 0.2) is 23.3 Å². The van der Waals surface area contributed by atoms with Gasteiger partial charge in [-0.05, 0) is 50.7 Å². The molecule has 1 aliphatic rings. The summed E-state index contributed by atoms with van der Waals surface area (Å²) in [6.45, 7) is 6.37. The Morgan fingerprint density at radius 2 is 2.18 bits per heavy atom. The topological polar surface area (TPSA) is 64.1 Å². The molecule has 2 rings (SSSR count). The van der Waals surface area contributed by atoms with Crippen LogP contribution in [-0.2, 0) is 4.74 Å². The molecule has 6 nitrogen and oxygen atoms in total. The number of ether oxygens (including phenoxy) is 3. The maximum absolute atomic E-state index is 5.35. The summed E-state index contributed by atoms with van der Waals surface area (Å²) in [7, 11) is 0. The fourth-order valence-corrected chi connectivity index (χ4v) is 2.03. The summed E-state index contributed by atoms with van der Waals surface area (Å²) in [6.07, 6.45) is 0.903. The predicted octanol–water partition coefficient (Wildman–Crippen LogP) is 2.03. The van der Waals surface area contributed by atoms with Crippen LogP contribution in [0.4, 0.5) is 0 Å². The molecule has 0 aliphatic carbocycles. The molecule has 0 unspecified atom stereocenters. The lowest BCUT2D eigenvalue weighted by atomic mass is 10.1. The Morgan fingerprint density at radius 3 is 3.00 bits per heavy atom. The Balaban J connectivity index is 1.78. The normalized spacial score (nSPS) is 13.1. The minimum Gasteiger partial charge on any atom is -0.454 e. The van der Waals surface area contributed by atoms with Gasteiger partial charge in [0.15, 0.2) is 16.6 Å². The second-order valence-corrected chi connectivity index (χ2v) is 5.09. The van der Waals surface area contributed by atoms with Crippen LogP contribution in [-0.4, -0.2) is 37.4 Å². The quantitative estimate of drug-likeness (QED) is 0.346. The van der Waals surface area contributed by atoms with Crippen molar-refractivity contribution < 1.29 is 14.2 Å². The van der Waals surface area contributed by atoms with Crippen molar-refractivity contribution in [2.75, 3.05) is 26.6 Å². The number of nitrogens with one attached hydrogen (secondary N) is 2. The number of rotatable bonds is 7. The van der Waals surface area contributed by atoms with Gasteiger partial charge in [-0.2, -0.15) is 5.10 Å². The van der Waals surface area contributed by atoms with Gasteiger partial charge in [0.2, 0.25) is 6.79 Å². The molecule has 120 valence electrons. The van der Waals surface area contributed by atoms with Crippen LogP contribution in [0.2, 0.25) is 0 Å². The van der Waals surface area contributed by atoms with Crippen LogP contribution in [0, 0.1) is 0 Å². The second-order valence-electron chi connectivity index (χ2n) is 4.68. The molecule has 0 bridgehead atoms. The maximum atomic E-state index is 5.35. The summed E-state index contributed by atoms with van der Waals surface area (Å²) in [5.74, 6) is 1.50. The second kappa shape index (κ2) is 8.55. The molecule has 0 spiro atoms. The van der Waals surface area contributed by atoms with E-state index in [4.69, 9.17) is 26.4 Å². The third-order valence-electron chi connectivity index (χ3n) is 3.07. The molecule has 7 heteroatoms. The Bertz CT molecular complexity index is 549. The molecule has 1 aliphatic heterocycles. The van der Waals surface area contributed by atoms with Gasteiger partial charge in [-0.1, -0.05) is 0 Å². The lowest BCUT2D eigenvalue weighted by Gasteiger charge is -2.08. The standard InChI is InChI=1S/C15H21N3O3S/c1-3-19-8-4-7-16-15(22)18-17-11(2)12-5-6-13-14(9-12)21-10-20-13/h5-6,9H,3-4,7-8,10H2,1-2H3,(H2,16,18,22)/b17-11-. The molecular weight excluding hydrogens is 302 g/mol. The number of hydrogen-bond donors (Lipinski definition) is 2. The van der Waals surface area contributed by atoms with Gasteiger partial charge in [0.25, 0.3) is 0 Å². The van der Waals surface area contributed by atoms with Gasteiger partial charge in [-0.3, -0.25) is 5.43 Å². The Labute approximate surface area is 135 Å².